The average Bonchev–Trinajstić information content (AvgIpc) is 2.45. The summed E-state index contributed by atoms with van der Waals surface area (Å²) in [6.07, 6.45) is 7.67. The normalized spacial score (nSPS) is 12.8. The van der Waals surface area contributed by atoms with E-state index in [-0.39, 0.29) is 0 Å². The minimum Gasteiger partial charge on any atom is -0.497 e. The zero-order valence-electron chi connectivity index (χ0n) is 15.1. The van der Waals surface area contributed by atoms with Crippen LogP contribution in [0.1, 0.15) is 39.2 Å². The number of ether oxygens (including phenoxy) is 1. The monoisotopic (exact) mass is 320 g/mol. The van der Waals surface area contributed by atoms with Crippen LogP contribution in [0.25, 0.3) is 0 Å². The maximum atomic E-state index is 6.16. The number of allylic oxidation sites excluding steroid dienone is 1. The Hall–Kier alpha value is -1.06. The van der Waals surface area contributed by atoms with Crippen molar-refractivity contribution in [2.75, 3.05) is 13.7 Å². The SMILES string of the molecule is COc1ccc(CC/C=C/CCO[Si](C)(C)C(C)(C)C)cc1. The van der Waals surface area contributed by atoms with Gasteiger partial charge < -0.3 is 9.16 Å². The molecule has 0 N–H and O–H groups in total. The second kappa shape index (κ2) is 8.54. The van der Waals surface area contributed by atoms with E-state index in [9.17, 15) is 0 Å². The zero-order chi connectivity index (χ0) is 16.6. The molecule has 3 heteroatoms. The second-order valence-electron chi connectivity index (χ2n) is 7.26. The van der Waals surface area contributed by atoms with Crippen LogP contribution in [0.15, 0.2) is 36.4 Å². The molecule has 0 aliphatic carbocycles. The summed E-state index contributed by atoms with van der Waals surface area (Å²) in [5.74, 6) is 0.919. The predicted molar refractivity (Wildman–Crippen MR) is 98.2 cm³/mol. The van der Waals surface area contributed by atoms with Crippen LogP contribution in [0.5, 0.6) is 5.75 Å². The lowest BCUT2D eigenvalue weighted by molar-refractivity contribution is 0.294. The molecular weight excluding hydrogens is 288 g/mol. The molecule has 0 saturated carbocycles. The van der Waals surface area contributed by atoms with E-state index in [1.807, 2.05) is 12.1 Å². The van der Waals surface area contributed by atoms with Crippen LogP contribution < -0.4 is 4.74 Å². The molecule has 1 aromatic rings. The molecule has 0 atom stereocenters. The van der Waals surface area contributed by atoms with Gasteiger partial charge in [-0.15, -0.1) is 0 Å². The van der Waals surface area contributed by atoms with Crippen molar-refractivity contribution in [3.63, 3.8) is 0 Å². The Kier molecular flexibility index (Phi) is 7.37. The van der Waals surface area contributed by atoms with Crippen molar-refractivity contribution >= 4 is 8.32 Å². The molecule has 0 spiro atoms. The maximum absolute atomic E-state index is 6.16. The van der Waals surface area contributed by atoms with Gasteiger partial charge >= 0.3 is 0 Å². The van der Waals surface area contributed by atoms with Gasteiger partial charge in [0.15, 0.2) is 8.32 Å². The first-order valence-corrected chi connectivity index (χ1v) is 11.1. The van der Waals surface area contributed by atoms with Crippen molar-refractivity contribution in [2.45, 2.75) is 58.2 Å². The molecule has 0 aliphatic heterocycles. The fraction of sp³-hybridized carbons (Fsp3) is 0.579. The molecule has 0 bridgehead atoms. The molecule has 0 aliphatic rings. The third kappa shape index (κ3) is 6.37. The fourth-order valence-corrected chi connectivity index (χ4v) is 2.94. The Bertz CT molecular complexity index is 455. The lowest BCUT2D eigenvalue weighted by atomic mass is 10.1. The first kappa shape index (κ1) is 19.0. The van der Waals surface area contributed by atoms with E-state index < -0.39 is 8.32 Å². The van der Waals surface area contributed by atoms with E-state index in [2.05, 4.69) is 58.2 Å². The minimum absolute atomic E-state index is 0.297. The van der Waals surface area contributed by atoms with Gasteiger partial charge in [0.25, 0.3) is 0 Å². The van der Waals surface area contributed by atoms with Gasteiger partial charge in [-0.2, -0.15) is 0 Å². The van der Waals surface area contributed by atoms with Gasteiger partial charge in [0, 0.05) is 6.61 Å². The summed E-state index contributed by atoms with van der Waals surface area (Å²) in [6.45, 7) is 12.3. The number of hydrogen-bond acceptors (Lipinski definition) is 2. The van der Waals surface area contributed by atoms with Crippen LogP contribution >= 0.6 is 0 Å². The van der Waals surface area contributed by atoms with Crippen molar-refractivity contribution in [3.05, 3.63) is 42.0 Å². The highest BCUT2D eigenvalue weighted by atomic mass is 28.4. The molecule has 0 aromatic heterocycles. The fourth-order valence-electron chi connectivity index (χ4n) is 1.88. The van der Waals surface area contributed by atoms with E-state index in [1.165, 1.54) is 5.56 Å². The van der Waals surface area contributed by atoms with Crippen molar-refractivity contribution in [2.24, 2.45) is 0 Å². The molecule has 0 fully saturated rings. The number of benzene rings is 1. The van der Waals surface area contributed by atoms with Gasteiger partial charge in [-0.1, -0.05) is 45.1 Å². The number of hydrogen-bond donors (Lipinski definition) is 0. The van der Waals surface area contributed by atoms with Gasteiger partial charge in [-0.3, -0.25) is 0 Å². The van der Waals surface area contributed by atoms with E-state index in [1.54, 1.807) is 7.11 Å². The second-order valence-corrected chi connectivity index (χ2v) is 12.1. The third-order valence-corrected chi connectivity index (χ3v) is 9.02. The van der Waals surface area contributed by atoms with Crippen molar-refractivity contribution in [3.8, 4) is 5.75 Å². The van der Waals surface area contributed by atoms with E-state index in [0.29, 0.717) is 5.04 Å². The van der Waals surface area contributed by atoms with Crippen molar-refractivity contribution < 1.29 is 9.16 Å². The summed E-state index contributed by atoms with van der Waals surface area (Å²) in [5, 5.41) is 0.297. The molecule has 2 nitrogen and oxygen atoms in total. The molecule has 0 radical (unpaired) electrons. The first-order chi connectivity index (χ1) is 10.3. The van der Waals surface area contributed by atoms with Crippen LogP contribution in [0, 0.1) is 0 Å². The third-order valence-electron chi connectivity index (χ3n) is 4.48. The van der Waals surface area contributed by atoms with Crippen LogP contribution in [-0.2, 0) is 10.8 Å². The minimum atomic E-state index is -1.58. The summed E-state index contributed by atoms with van der Waals surface area (Å²) in [5.41, 5.74) is 1.35. The summed E-state index contributed by atoms with van der Waals surface area (Å²) in [4.78, 5) is 0. The Morgan fingerprint density at radius 1 is 1.00 bits per heavy atom. The van der Waals surface area contributed by atoms with Crippen LogP contribution in [0.3, 0.4) is 0 Å². The molecule has 1 aromatic carbocycles. The van der Waals surface area contributed by atoms with Crippen LogP contribution in [0.2, 0.25) is 18.1 Å². The topological polar surface area (TPSA) is 18.5 Å². The Morgan fingerprint density at radius 2 is 1.59 bits per heavy atom. The molecule has 0 heterocycles. The molecule has 0 amide bonds. The van der Waals surface area contributed by atoms with Gasteiger partial charge in [0.05, 0.1) is 7.11 Å². The lowest BCUT2D eigenvalue weighted by Crippen LogP contribution is -2.40. The molecular formula is C19H32O2Si. The summed E-state index contributed by atoms with van der Waals surface area (Å²) in [6, 6.07) is 8.30. The van der Waals surface area contributed by atoms with Crippen molar-refractivity contribution in [1.82, 2.24) is 0 Å². The van der Waals surface area contributed by atoms with Gasteiger partial charge in [-0.05, 0) is 55.1 Å². The van der Waals surface area contributed by atoms with E-state index in [4.69, 9.17) is 9.16 Å². The van der Waals surface area contributed by atoms with Crippen molar-refractivity contribution in [1.29, 1.82) is 0 Å². The standard InChI is InChI=1S/C19H32O2Si/c1-19(2,3)22(5,6)21-16-10-8-7-9-11-17-12-14-18(20-4)15-13-17/h7-8,12-15H,9-11,16H2,1-6H3/b8-7+. The Balaban J connectivity index is 2.21. The first-order valence-electron chi connectivity index (χ1n) is 8.18. The van der Waals surface area contributed by atoms with Crippen LogP contribution in [-0.4, -0.2) is 22.0 Å². The van der Waals surface area contributed by atoms with Crippen LogP contribution in [0.4, 0.5) is 0 Å². The van der Waals surface area contributed by atoms with E-state index in [0.717, 1.165) is 31.6 Å². The largest absolute Gasteiger partial charge is 0.497 e. The quantitative estimate of drug-likeness (QED) is 0.353. The number of aryl methyl sites for hydroxylation is 1. The lowest BCUT2D eigenvalue weighted by Gasteiger charge is -2.36. The average molecular weight is 321 g/mol. The highest BCUT2D eigenvalue weighted by Gasteiger charge is 2.36. The molecule has 1 rings (SSSR count). The molecule has 0 unspecified atom stereocenters. The summed E-state index contributed by atoms with van der Waals surface area (Å²) >= 11 is 0. The van der Waals surface area contributed by atoms with Gasteiger partial charge in [0.2, 0.25) is 0 Å². The molecule has 22 heavy (non-hydrogen) atoms. The Morgan fingerprint density at radius 3 is 2.14 bits per heavy atom. The number of methoxy groups -OCH3 is 1. The summed E-state index contributed by atoms with van der Waals surface area (Å²) in [7, 11) is 0.117. The van der Waals surface area contributed by atoms with Gasteiger partial charge in [0.1, 0.15) is 5.75 Å². The predicted octanol–water partition coefficient (Wildman–Crippen LogP) is 5.60. The zero-order valence-corrected chi connectivity index (χ0v) is 16.1. The molecule has 0 saturated heterocycles. The Labute approximate surface area is 137 Å². The van der Waals surface area contributed by atoms with Gasteiger partial charge in [-0.25, -0.2) is 0 Å². The highest BCUT2D eigenvalue weighted by molar-refractivity contribution is 6.74. The highest BCUT2D eigenvalue weighted by Crippen LogP contribution is 2.36. The smallest absolute Gasteiger partial charge is 0.191 e. The molecule has 124 valence electrons. The van der Waals surface area contributed by atoms with E-state index >= 15 is 0 Å². The maximum Gasteiger partial charge on any atom is 0.191 e. The summed E-state index contributed by atoms with van der Waals surface area (Å²) < 4.78 is 11.3. The number of rotatable bonds is 8.